The predicted octanol–water partition coefficient (Wildman–Crippen LogP) is 8.57. The number of aromatic carboxylic acids is 1. The van der Waals surface area contributed by atoms with Crippen molar-refractivity contribution in [3.05, 3.63) is 165 Å². The first kappa shape index (κ1) is 34.0. The highest BCUT2D eigenvalue weighted by Gasteiger charge is 2.24. The molecule has 0 fully saturated rings. The van der Waals surface area contributed by atoms with Gasteiger partial charge in [0.25, 0.3) is 11.8 Å². The van der Waals surface area contributed by atoms with Crippen molar-refractivity contribution in [1.29, 1.82) is 0 Å². The fourth-order valence-corrected chi connectivity index (χ4v) is 5.90. The summed E-state index contributed by atoms with van der Waals surface area (Å²) in [5.41, 5.74) is 2.35. The molecule has 11 heteroatoms. The summed E-state index contributed by atoms with van der Waals surface area (Å²) in [4.78, 5) is 52.1. The number of carboxylic acid groups (broad SMARTS) is 1. The molecule has 0 aliphatic rings. The lowest BCUT2D eigenvalue weighted by Gasteiger charge is -2.18. The van der Waals surface area contributed by atoms with Crippen molar-refractivity contribution in [3.63, 3.8) is 0 Å². The summed E-state index contributed by atoms with van der Waals surface area (Å²) in [6.45, 7) is 0. The third-order valence-corrected chi connectivity index (χ3v) is 8.70. The van der Waals surface area contributed by atoms with Crippen LogP contribution in [-0.4, -0.2) is 28.8 Å². The first-order valence-corrected chi connectivity index (χ1v) is 16.1. The minimum Gasteiger partial charge on any atom is -0.478 e. The second-order valence-electron chi connectivity index (χ2n) is 10.3. The van der Waals surface area contributed by atoms with Gasteiger partial charge in [-0.15, -0.1) is 11.8 Å². The Morgan fingerprint density at radius 1 is 0.708 bits per heavy atom. The van der Waals surface area contributed by atoms with E-state index in [1.54, 1.807) is 78.9 Å². The van der Waals surface area contributed by atoms with Crippen LogP contribution in [-0.2, 0) is 9.59 Å². The molecule has 5 rings (SSSR count). The van der Waals surface area contributed by atoms with E-state index in [-0.39, 0.29) is 22.0 Å². The van der Waals surface area contributed by atoms with Crippen molar-refractivity contribution < 1.29 is 24.3 Å². The van der Waals surface area contributed by atoms with Crippen molar-refractivity contribution in [2.75, 3.05) is 10.6 Å². The summed E-state index contributed by atoms with van der Waals surface area (Å²) in [6, 6.07) is 35.5. The van der Waals surface area contributed by atoms with Gasteiger partial charge in [0, 0.05) is 21.2 Å². The van der Waals surface area contributed by atoms with Crippen molar-refractivity contribution in [3.8, 4) is 0 Å². The number of hydrogen-bond donors (Lipinski definition) is 4. The normalized spacial score (nSPS) is 11.7. The fourth-order valence-electron chi connectivity index (χ4n) is 4.51. The van der Waals surface area contributed by atoms with Crippen LogP contribution in [0.3, 0.4) is 0 Å². The molecule has 0 spiro atoms. The van der Waals surface area contributed by atoms with Crippen LogP contribution in [0.25, 0.3) is 6.08 Å². The molecule has 48 heavy (non-hydrogen) atoms. The number of nitrogens with one attached hydrogen (secondary N) is 3. The Hall–Kier alpha value is -5.35. The van der Waals surface area contributed by atoms with E-state index < -0.39 is 28.9 Å². The van der Waals surface area contributed by atoms with E-state index in [0.29, 0.717) is 27.4 Å². The maximum Gasteiger partial charge on any atom is 0.335 e. The molecule has 5 aromatic carbocycles. The number of thioether (sulfide) groups is 1. The van der Waals surface area contributed by atoms with Gasteiger partial charge >= 0.3 is 5.97 Å². The van der Waals surface area contributed by atoms with Gasteiger partial charge in [0.2, 0.25) is 5.91 Å². The maximum absolute atomic E-state index is 13.6. The molecule has 240 valence electrons. The molecule has 1 atom stereocenters. The summed E-state index contributed by atoms with van der Waals surface area (Å²) in [7, 11) is 0. The van der Waals surface area contributed by atoms with E-state index >= 15 is 0 Å². The number of carbonyl (C=O) groups excluding carboxylic acids is 3. The molecule has 0 aliphatic heterocycles. The van der Waals surface area contributed by atoms with Gasteiger partial charge in [-0.2, -0.15) is 0 Å². The molecule has 0 saturated heterocycles. The van der Waals surface area contributed by atoms with E-state index in [0.717, 1.165) is 4.90 Å². The van der Waals surface area contributed by atoms with Crippen LogP contribution in [0.2, 0.25) is 10.0 Å². The maximum atomic E-state index is 13.6. The van der Waals surface area contributed by atoms with Crippen molar-refractivity contribution in [1.82, 2.24) is 5.32 Å². The molecule has 0 aromatic heterocycles. The lowest BCUT2D eigenvalue weighted by molar-refractivity contribution is -0.116. The second-order valence-corrected chi connectivity index (χ2v) is 12.3. The Morgan fingerprint density at radius 2 is 1.40 bits per heavy atom. The summed E-state index contributed by atoms with van der Waals surface area (Å²) in [5.74, 6) is -2.55. The fraction of sp³-hybridized carbons (Fsp3) is 0.0270. The Bertz CT molecular complexity index is 1990. The molecular weight excluding hydrogens is 669 g/mol. The van der Waals surface area contributed by atoms with Crippen LogP contribution in [0.4, 0.5) is 11.4 Å². The molecule has 0 aliphatic carbocycles. The number of hydrogen-bond acceptors (Lipinski definition) is 5. The van der Waals surface area contributed by atoms with Crippen LogP contribution in [0.15, 0.2) is 138 Å². The smallest absolute Gasteiger partial charge is 0.335 e. The van der Waals surface area contributed by atoms with Gasteiger partial charge in [-0.05, 0) is 83.9 Å². The van der Waals surface area contributed by atoms with Gasteiger partial charge in [0.05, 0.1) is 16.3 Å². The van der Waals surface area contributed by atoms with Crippen molar-refractivity contribution in [2.24, 2.45) is 0 Å². The van der Waals surface area contributed by atoms with Crippen molar-refractivity contribution in [2.45, 2.75) is 10.1 Å². The molecule has 0 bridgehead atoms. The lowest BCUT2D eigenvalue weighted by atomic mass is 10.1. The minimum absolute atomic E-state index is 0.0102. The molecule has 0 heterocycles. The quantitative estimate of drug-likeness (QED) is 0.0811. The zero-order valence-electron chi connectivity index (χ0n) is 25.0. The molecule has 0 saturated carbocycles. The number of rotatable bonds is 11. The molecule has 0 radical (unpaired) electrons. The van der Waals surface area contributed by atoms with E-state index in [9.17, 15) is 24.3 Å². The molecular formula is C37H27Cl2N3O5S. The topological polar surface area (TPSA) is 125 Å². The van der Waals surface area contributed by atoms with E-state index in [4.69, 9.17) is 23.2 Å². The Kier molecular flexibility index (Phi) is 11.3. The molecule has 3 amide bonds. The second kappa shape index (κ2) is 16.0. The average molecular weight is 697 g/mol. The van der Waals surface area contributed by atoms with E-state index in [1.807, 2.05) is 30.3 Å². The molecule has 5 aromatic rings. The van der Waals surface area contributed by atoms with Gasteiger partial charge in [-0.25, -0.2) is 4.79 Å². The number of halogens is 2. The van der Waals surface area contributed by atoms with Crippen LogP contribution < -0.4 is 16.0 Å². The number of benzene rings is 5. The number of carbonyl (C=O) groups is 4. The van der Waals surface area contributed by atoms with Crippen molar-refractivity contribution >= 4 is 76.1 Å². The zero-order chi connectivity index (χ0) is 34.0. The minimum atomic E-state index is -1.14. The summed E-state index contributed by atoms with van der Waals surface area (Å²) in [5, 5.41) is 17.6. The first-order chi connectivity index (χ1) is 23.2. The molecule has 1 unspecified atom stereocenters. The number of amides is 3. The average Bonchev–Trinajstić information content (AvgIpc) is 3.09. The Labute approximate surface area is 290 Å². The van der Waals surface area contributed by atoms with Crippen LogP contribution in [0.1, 0.15) is 37.1 Å². The SMILES string of the molecule is O=C(Nc1ccc(SC(C(=O)Nc2cc(C(=O)O)ccc2Cl)c2ccccc2)cc1)/C(=C/c1cccc(Cl)c1)NC(=O)c1ccccc1. The van der Waals surface area contributed by atoms with Gasteiger partial charge in [0.1, 0.15) is 10.9 Å². The van der Waals surface area contributed by atoms with E-state index in [1.165, 1.54) is 36.0 Å². The van der Waals surface area contributed by atoms with Gasteiger partial charge in [0.15, 0.2) is 0 Å². The monoisotopic (exact) mass is 695 g/mol. The summed E-state index contributed by atoms with van der Waals surface area (Å²) in [6.07, 6.45) is 1.54. The first-order valence-electron chi connectivity index (χ1n) is 14.5. The van der Waals surface area contributed by atoms with Gasteiger partial charge < -0.3 is 21.1 Å². The van der Waals surface area contributed by atoms with E-state index in [2.05, 4.69) is 16.0 Å². The van der Waals surface area contributed by atoms with Crippen LogP contribution in [0, 0.1) is 0 Å². The molecule has 8 nitrogen and oxygen atoms in total. The standard InChI is InChI=1S/C37H27Cl2N3O5S/c38-27-13-7-8-23(20-27)21-32(42-34(43)25-11-5-2-6-12-25)35(44)40-28-15-17-29(18-16-28)48-33(24-9-3-1-4-10-24)36(45)41-31-22-26(37(46)47)14-19-30(31)39/h1-22,33H,(H,40,44)(H,41,45)(H,42,43)(H,46,47)/b32-21-. The van der Waals surface area contributed by atoms with Gasteiger partial charge in [-0.1, -0.05) is 83.9 Å². The highest BCUT2D eigenvalue weighted by Crippen LogP contribution is 2.37. The highest BCUT2D eigenvalue weighted by molar-refractivity contribution is 8.00. The molecule has 4 N–H and O–H groups in total. The number of anilines is 2. The third kappa shape index (κ3) is 9.13. The lowest BCUT2D eigenvalue weighted by Crippen LogP contribution is -2.30. The summed E-state index contributed by atoms with van der Waals surface area (Å²) >= 11 is 13.7. The largest absolute Gasteiger partial charge is 0.478 e. The Balaban J connectivity index is 1.34. The predicted molar refractivity (Wildman–Crippen MR) is 190 cm³/mol. The highest BCUT2D eigenvalue weighted by atomic mass is 35.5. The summed E-state index contributed by atoms with van der Waals surface area (Å²) < 4.78 is 0. The van der Waals surface area contributed by atoms with Crippen LogP contribution >= 0.6 is 35.0 Å². The Morgan fingerprint density at radius 3 is 2.06 bits per heavy atom. The van der Waals surface area contributed by atoms with Crippen LogP contribution in [0.5, 0.6) is 0 Å². The third-order valence-electron chi connectivity index (χ3n) is 6.87. The zero-order valence-corrected chi connectivity index (χ0v) is 27.4. The number of carboxylic acids is 1. The van der Waals surface area contributed by atoms with Gasteiger partial charge in [-0.3, -0.25) is 14.4 Å².